The molecule has 0 amide bonds. The molecule has 0 aliphatic carbocycles. The van der Waals surface area contributed by atoms with Gasteiger partial charge in [-0.1, -0.05) is 190 Å². The summed E-state index contributed by atoms with van der Waals surface area (Å²) in [5, 5.41) is 10.9. The van der Waals surface area contributed by atoms with Gasteiger partial charge in [0.15, 0.2) is 17.9 Å². The molecule has 23 aromatic rings. The van der Waals surface area contributed by atoms with E-state index in [1.165, 1.54) is 0 Å². The van der Waals surface area contributed by atoms with Crippen LogP contribution in [0.5, 0.6) is 0 Å². The normalized spacial score (nSPS) is 12.5. The van der Waals surface area contributed by atoms with Crippen LogP contribution >= 0.6 is 31.9 Å². The summed E-state index contributed by atoms with van der Waals surface area (Å²) in [7, 11) is -0.353. The molecule has 1 aliphatic heterocycles. The van der Waals surface area contributed by atoms with Crippen LogP contribution in [-0.4, -0.2) is 95.2 Å². The number of carbonyl (C=O) groups is 2. The van der Waals surface area contributed by atoms with Gasteiger partial charge in [-0.2, -0.15) is 0 Å². The minimum absolute atomic E-state index is 0.0748. The maximum Gasteiger partial charge on any atom is 0.494 e. The van der Waals surface area contributed by atoms with E-state index in [1.807, 2.05) is 140 Å². The van der Waals surface area contributed by atoms with Gasteiger partial charge in [-0.25, -0.2) is 29.9 Å². The lowest BCUT2D eigenvalue weighted by molar-refractivity contribution is 0.00578. The summed E-state index contributed by atoms with van der Waals surface area (Å²) >= 11 is 6.74. The molecular weight excluding hydrogens is 1800 g/mol. The van der Waals surface area contributed by atoms with Gasteiger partial charge in [-0.3, -0.25) is 44.5 Å². The van der Waals surface area contributed by atoms with E-state index in [2.05, 4.69) is 286 Å². The Morgan fingerprint density at radius 3 is 1.10 bits per heavy atom. The molecule has 0 atom stereocenters. The number of aromatic nitrogens is 13. The molecule has 648 valence electrons. The van der Waals surface area contributed by atoms with Gasteiger partial charge >= 0.3 is 7.12 Å². The van der Waals surface area contributed by atoms with Crippen molar-refractivity contribution in [3.05, 3.63) is 404 Å². The minimum Gasteiger partial charge on any atom is -0.399 e. The maximum atomic E-state index is 11.5. The third kappa shape index (κ3) is 18.3. The van der Waals surface area contributed by atoms with Crippen molar-refractivity contribution in [2.24, 2.45) is 0 Å². The summed E-state index contributed by atoms with van der Waals surface area (Å²) in [5.41, 5.74) is 32.7. The molecule has 1 fully saturated rings. The van der Waals surface area contributed by atoms with Crippen molar-refractivity contribution in [3.8, 4) is 89.8 Å². The number of pyridine rings is 11. The number of ketones is 1. The predicted molar refractivity (Wildman–Crippen MR) is 553 cm³/mol. The molecule has 1 aliphatic rings. The molecule has 2 N–H and O–H groups in total. The number of Topliss-reactive ketones (excluding diaryl/α,β-unsaturated/α-hetero) is 1. The number of halogens is 2. The Bertz CT molecular complexity index is 8490. The molecule has 21 heteroatoms. The summed E-state index contributed by atoms with van der Waals surface area (Å²) in [6.45, 7) is 9.84. The van der Waals surface area contributed by atoms with Gasteiger partial charge in [0.25, 0.3) is 0 Å². The van der Waals surface area contributed by atoms with Gasteiger partial charge in [0.2, 0.25) is 0 Å². The van der Waals surface area contributed by atoms with Crippen LogP contribution in [0.3, 0.4) is 0 Å². The highest BCUT2D eigenvalue weighted by Gasteiger charge is 2.51. The van der Waals surface area contributed by atoms with Crippen LogP contribution in [0.15, 0.2) is 392 Å². The van der Waals surface area contributed by atoms with Crippen molar-refractivity contribution in [2.75, 3.05) is 5.73 Å². The number of fused-ring (bicyclic) bond motifs is 13. The molecule has 135 heavy (non-hydrogen) atoms. The number of nitrogen functional groups attached to an aromatic ring is 1. The van der Waals surface area contributed by atoms with Gasteiger partial charge in [0.1, 0.15) is 5.69 Å². The third-order valence-electron chi connectivity index (χ3n) is 24.5. The van der Waals surface area contributed by atoms with Gasteiger partial charge in [-0.05, 0) is 254 Å². The van der Waals surface area contributed by atoms with Crippen LogP contribution < -0.4 is 11.2 Å². The summed E-state index contributed by atoms with van der Waals surface area (Å²) in [6, 6.07) is 108. The van der Waals surface area contributed by atoms with Crippen LogP contribution in [0.2, 0.25) is 0 Å². The van der Waals surface area contributed by atoms with Gasteiger partial charge in [-0.15, -0.1) is 0 Å². The highest BCUT2D eigenvalue weighted by atomic mass is 79.9. The number of nitrogens with two attached hydrogens (primary N) is 1. The molecule has 18 nitrogen and oxygen atoms in total. The SMILES string of the molecule is Brc1ccc2nc(-c3ccc(-c4cc5cccnc5c5ncccc45)cc3)ccc2c1.CC(=O)c1ccc(-c2cc3cccnc3c3ncccc23)cc1.CC1(C)OB(c2ccc3nc(-c4ccncc4)ccc3c2)OC1(C)C.Nc1ccc(Br)cc1C=O.c1cnc(-c2ccc3cc(-c4ccc5nc(-c6ccc(-c7cc8cccnc8c8ncccc78)cc6)ccc5c4)ccc3n2)nc1. The summed E-state index contributed by atoms with van der Waals surface area (Å²) in [5.74, 6) is 0.700. The maximum absolute atomic E-state index is 11.5. The second-order valence-electron chi connectivity index (χ2n) is 33.7. The fraction of sp³-hybridized carbons (Fsp3) is 0.0614. The molecule has 11 aromatic carbocycles. The van der Waals surface area contributed by atoms with Crippen LogP contribution in [0.1, 0.15) is 55.3 Å². The molecule has 13 heterocycles. The van der Waals surface area contributed by atoms with Crippen molar-refractivity contribution in [2.45, 2.75) is 45.8 Å². The third-order valence-corrected chi connectivity index (χ3v) is 25.5. The largest absolute Gasteiger partial charge is 0.494 e. The number of benzene rings is 11. The Morgan fingerprint density at radius 1 is 0.319 bits per heavy atom. The van der Waals surface area contributed by atoms with Crippen molar-refractivity contribution in [1.29, 1.82) is 0 Å². The lowest BCUT2D eigenvalue weighted by Crippen LogP contribution is -2.41. The summed E-state index contributed by atoms with van der Waals surface area (Å²) in [6.07, 6.45) is 18.6. The van der Waals surface area contributed by atoms with Gasteiger partial charge in [0.05, 0.1) is 83.5 Å². The Balaban J connectivity index is 0.000000111. The smallest absolute Gasteiger partial charge is 0.399 e. The second kappa shape index (κ2) is 37.6. The fourth-order valence-corrected chi connectivity index (χ4v) is 17.5. The van der Waals surface area contributed by atoms with Crippen molar-refractivity contribution < 1.29 is 18.9 Å². The molecule has 0 unspecified atom stereocenters. The minimum atomic E-state index is -0.353. The van der Waals surface area contributed by atoms with Crippen LogP contribution in [0.25, 0.3) is 199 Å². The van der Waals surface area contributed by atoms with E-state index in [4.69, 9.17) is 35.0 Å². The quantitative estimate of drug-likeness (QED) is 0.0416. The number of anilines is 1. The van der Waals surface area contributed by atoms with E-state index in [1.54, 1.807) is 68.4 Å². The highest BCUT2D eigenvalue weighted by molar-refractivity contribution is 9.10. The van der Waals surface area contributed by atoms with E-state index in [9.17, 15) is 9.59 Å². The number of hydrogen-bond donors (Lipinski definition) is 1. The van der Waals surface area contributed by atoms with Crippen LogP contribution in [0, 0.1) is 0 Å². The first kappa shape index (κ1) is 86.9. The van der Waals surface area contributed by atoms with E-state index in [0.717, 1.165) is 219 Å². The monoisotopic (exact) mass is 1880 g/mol. The van der Waals surface area contributed by atoms with Crippen molar-refractivity contribution in [3.63, 3.8) is 0 Å². The van der Waals surface area contributed by atoms with E-state index in [0.29, 0.717) is 17.1 Å². The van der Waals surface area contributed by atoms with Crippen molar-refractivity contribution >= 4 is 171 Å². The summed E-state index contributed by atoms with van der Waals surface area (Å²) < 4.78 is 14.2. The van der Waals surface area contributed by atoms with E-state index < -0.39 is 0 Å². The fourth-order valence-electron chi connectivity index (χ4n) is 16.8. The molecule has 0 radical (unpaired) electrons. The predicted octanol–water partition coefficient (Wildman–Crippen LogP) is 26.9. The average Bonchev–Trinajstić information content (AvgIpc) is 1.76. The molecule has 1 saturated heterocycles. The topological polar surface area (TPSA) is 246 Å². The molecule has 0 saturated carbocycles. The molecule has 12 aromatic heterocycles. The Morgan fingerprint density at radius 2 is 0.667 bits per heavy atom. The first-order valence-corrected chi connectivity index (χ1v) is 45.5. The highest BCUT2D eigenvalue weighted by Crippen LogP contribution is 2.41. The van der Waals surface area contributed by atoms with Gasteiger partial charge in [0, 0.05) is 153 Å². The van der Waals surface area contributed by atoms with Crippen LogP contribution in [0.4, 0.5) is 5.69 Å². The first-order valence-electron chi connectivity index (χ1n) is 43.9. The number of hydrogen-bond acceptors (Lipinski definition) is 18. The van der Waals surface area contributed by atoms with Gasteiger partial charge < -0.3 is 15.0 Å². The zero-order valence-electron chi connectivity index (χ0n) is 73.8. The van der Waals surface area contributed by atoms with Crippen LogP contribution in [-0.2, 0) is 9.31 Å². The Kier molecular flexibility index (Phi) is 24.2. The second-order valence-corrected chi connectivity index (χ2v) is 35.5. The molecule has 0 spiro atoms. The standard InChI is InChI=1S/C40H24N6.C27H16BrN3.C20H21BN2O2.C20H14N2O.C7H6BrNO/c1-4-31-24-33(32-5-2-19-42-39(32)38(31)41-18-1)25-6-8-26(9-7-25)34-16-12-29-22-27(10-14-35(29)45-34)28-11-15-36-30(23-28)13-17-37(46-36)40-43-20-3-21-44-40;28-21-10-12-25-19(15-21)9-11-24(31-25)18-7-5-17(6-8-18)23-16-20-3-1-13-29-26(20)27-22(23)4-2-14-30-27;1-19(2)20(3,4)25-21(24-19)16-6-8-18-15(13-16)5-7-17(23-18)14-9-11-22-12-10-14;1-13(23)14-6-8-15(9-7-14)18-12-16-4-2-10-21-19(16)20-17(18)5-3-11-22-20;8-6-1-2-7(9)5(3-6)4-10/h1-24H;1-16H;5-13H,1-4H3;2-12H,1H3;1-4H,9H2. The van der Waals surface area contributed by atoms with E-state index in [-0.39, 0.29) is 24.1 Å². The molecule has 24 rings (SSSR count). The van der Waals surface area contributed by atoms with Crippen molar-refractivity contribution in [1.82, 2.24) is 64.8 Å². The molecular formula is C114H81BBr2N14O4. The number of rotatable bonds is 11. The number of carbonyl (C=O) groups excluding carboxylic acids is 2. The zero-order chi connectivity index (χ0) is 92.3. The Labute approximate surface area is 794 Å². The lowest BCUT2D eigenvalue weighted by Gasteiger charge is -2.32. The zero-order valence-corrected chi connectivity index (χ0v) is 77.0. The van der Waals surface area contributed by atoms with E-state index >= 15 is 0 Å². The number of aldehydes is 1. The lowest BCUT2D eigenvalue weighted by atomic mass is 9.78. The molecule has 0 bridgehead atoms. The Hall–Kier alpha value is -16.2. The number of nitrogens with zero attached hydrogens (tertiary/aromatic N) is 13. The average molecular weight is 1880 g/mol. The summed E-state index contributed by atoms with van der Waals surface area (Å²) in [4.78, 5) is 81.3. The first-order chi connectivity index (χ1) is 65.9.